The van der Waals surface area contributed by atoms with Crippen LogP contribution in [-0.4, -0.2) is 18.0 Å². The average Bonchev–Trinajstić information content (AvgIpc) is 2.09. The monoisotopic (exact) mass is 200 g/mol. The number of hydrogen-bond acceptors (Lipinski definition) is 2. The molecule has 0 saturated carbocycles. The van der Waals surface area contributed by atoms with Crippen molar-refractivity contribution in [3.05, 3.63) is 0 Å². The summed E-state index contributed by atoms with van der Waals surface area (Å²) >= 11 is 0. The molecule has 0 fully saturated rings. The summed E-state index contributed by atoms with van der Waals surface area (Å²) in [5.74, 6) is 0.675. The summed E-state index contributed by atoms with van der Waals surface area (Å²) in [6.45, 7) is 8.91. The summed E-state index contributed by atoms with van der Waals surface area (Å²) in [6.07, 6.45) is 2.36. The van der Waals surface area contributed by atoms with Crippen molar-refractivity contribution in [2.75, 3.05) is 6.54 Å². The van der Waals surface area contributed by atoms with Gasteiger partial charge in [0.2, 0.25) is 5.91 Å². The Labute approximate surface area is 87.4 Å². The number of carbonyl (C=O) groups excluding carboxylic acids is 1. The van der Waals surface area contributed by atoms with E-state index in [1.165, 1.54) is 0 Å². The third-order valence-corrected chi connectivity index (χ3v) is 2.34. The summed E-state index contributed by atoms with van der Waals surface area (Å²) < 4.78 is 0. The predicted molar refractivity (Wildman–Crippen MR) is 60.0 cm³/mol. The molecule has 3 heteroatoms. The molecule has 0 radical (unpaired) electrons. The Hall–Kier alpha value is -0.570. The minimum atomic E-state index is -0.242. The van der Waals surface area contributed by atoms with Crippen molar-refractivity contribution in [1.82, 2.24) is 5.32 Å². The third-order valence-electron chi connectivity index (χ3n) is 2.34. The summed E-state index contributed by atoms with van der Waals surface area (Å²) in [5, 5.41) is 2.91. The predicted octanol–water partition coefficient (Wildman–Crippen LogP) is 1.67. The van der Waals surface area contributed by atoms with Crippen molar-refractivity contribution >= 4 is 5.91 Å². The van der Waals surface area contributed by atoms with Crippen LogP contribution in [0.3, 0.4) is 0 Å². The van der Waals surface area contributed by atoms with Crippen LogP contribution >= 0.6 is 0 Å². The van der Waals surface area contributed by atoms with Crippen molar-refractivity contribution in [3.63, 3.8) is 0 Å². The smallest absolute Gasteiger partial charge is 0.220 e. The first-order valence-electron chi connectivity index (χ1n) is 5.40. The van der Waals surface area contributed by atoms with E-state index in [-0.39, 0.29) is 11.4 Å². The highest BCUT2D eigenvalue weighted by Crippen LogP contribution is 2.06. The summed E-state index contributed by atoms with van der Waals surface area (Å²) in [4.78, 5) is 11.3. The number of carbonyl (C=O) groups is 1. The Morgan fingerprint density at radius 2 is 2.07 bits per heavy atom. The molecule has 0 heterocycles. The molecule has 0 bridgehead atoms. The molecular weight excluding hydrogens is 176 g/mol. The van der Waals surface area contributed by atoms with Gasteiger partial charge in [-0.3, -0.25) is 4.79 Å². The lowest BCUT2D eigenvalue weighted by molar-refractivity contribution is -0.121. The first-order chi connectivity index (χ1) is 6.35. The van der Waals surface area contributed by atoms with Crippen LogP contribution in [0.2, 0.25) is 0 Å². The number of rotatable bonds is 6. The zero-order chi connectivity index (χ0) is 11.2. The first kappa shape index (κ1) is 13.4. The van der Waals surface area contributed by atoms with Gasteiger partial charge in [0.1, 0.15) is 0 Å². The zero-order valence-corrected chi connectivity index (χ0v) is 9.89. The van der Waals surface area contributed by atoms with E-state index in [0.717, 1.165) is 19.4 Å². The number of amides is 1. The Kier molecular flexibility index (Phi) is 5.77. The third kappa shape index (κ3) is 8.05. The molecule has 3 N–H and O–H groups in total. The minimum Gasteiger partial charge on any atom is -0.356 e. The molecule has 3 nitrogen and oxygen atoms in total. The zero-order valence-electron chi connectivity index (χ0n) is 9.89. The van der Waals surface area contributed by atoms with Gasteiger partial charge in [-0.1, -0.05) is 20.3 Å². The maximum Gasteiger partial charge on any atom is 0.220 e. The molecule has 0 aliphatic rings. The van der Waals surface area contributed by atoms with Crippen molar-refractivity contribution in [1.29, 1.82) is 0 Å². The Balaban J connectivity index is 3.57. The van der Waals surface area contributed by atoms with Gasteiger partial charge in [-0.05, 0) is 26.2 Å². The van der Waals surface area contributed by atoms with E-state index in [4.69, 9.17) is 5.73 Å². The highest BCUT2D eigenvalue weighted by molar-refractivity contribution is 5.75. The SMILES string of the molecule is CCC(C)CNC(=O)CCC(C)(C)N. The van der Waals surface area contributed by atoms with Crippen LogP contribution in [0.1, 0.15) is 47.0 Å². The Bertz CT molecular complexity index is 173. The maximum absolute atomic E-state index is 11.3. The van der Waals surface area contributed by atoms with Gasteiger partial charge in [-0.15, -0.1) is 0 Å². The molecule has 14 heavy (non-hydrogen) atoms. The Morgan fingerprint density at radius 3 is 2.50 bits per heavy atom. The van der Waals surface area contributed by atoms with E-state index in [0.29, 0.717) is 12.3 Å². The standard InChI is InChI=1S/C11H24N2O/c1-5-9(2)8-13-10(14)6-7-11(3,4)12/h9H,5-8,12H2,1-4H3,(H,13,14). The molecular formula is C11H24N2O. The second kappa shape index (κ2) is 6.02. The largest absolute Gasteiger partial charge is 0.356 e. The van der Waals surface area contributed by atoms with Crippen LogP contribution in [0.4, 0.5) is 0 Å². The van der Waals surface area contributed by atoms with Gasteiger partial charge in [-0.2, -0.15) is 0 Å². The summed E-state index contributed by atoms with van der Waals surface area (Å²) in [7, 11) is 0. The summed E-state index contributed by atoms with van der Waals surface area (Å²) in [5.41, 5.74) is 5.54. The molecule has 1 amide bonds. The number of nitrogens with two attached hydrogens (primary N) is 1. The average molecular weight is 200 g/mol. The van der Waals surface area contributed by atoms with Crippen LogP contribution < -0.4 is 11.1 Å². The van der Waals surface area contributed by atoms with Crippen LogP contribution in [0.5, 0.6) is 0 Å². The van der Waals surface area contributed by atoms with Crippen molar-refractivity contribution in [2.45, 2.75) is 52.5 Å². The molecule has 0 aromatic carbocycles. The van der Waals surface area contributed by atoms with Crippen LogP contribution in [0, 0.1) is 5.92 Å². The van der Waals surface area contributed by atoms with Crippen molar-refractivity contribution in [2.24, 2.45) is 11.7 Å². The second-order valence-electron chi connectivity index (χ2n) is 4.81. The van der Waals surface area contributed by atoms with Crippen LogP contribution in [-0.2, 0) is 4.79 Å². The van der Waals surface area contributed by atoms with E-state index in [9.17, 15) is 4.79 Å². The molecule has 0 saturated heterocycles. The quantitative estimate of drug-likeness (QED) is 0.685. The van der Waals surface area contributed by atoms with Gasteiger partial charge < -0.3 is 11.1 Å². The first-order valence-corrected chi connectivity index (χ1v) is 5.40. The maximum atomic E-state index is 11.3. The molecule has 0 aliphatic carbocycles. The van der Waals surface area contributed by atoms with Gasteiger partial charge in [0, 0.05) is 18.5 Å². The minimum absolute atomic E-state index is 0.115. The van der Waals surface area contributed by atoms with Gasteiger partial charge in [0.05, 0.1) is 0 Å². The molecule has 1 atom stereocenters. The van der Waals surface area contributed by atoms with Crippen molar-refractivity contribution in [3.8, 4) is 0 Å². The van der Waals surface area contributed by atoms with E-state index in [1.807, 2.05) is 13.8 Å². The van der Waals surface area contributed by atoms with Gasteiger partial charge in [0.25, 0.3) is 0 Å². The molecule has 84 valence electrons. The van der Waals surface area contributed by atoms with Gasteiger partial charge in [-0.25, -0.2) is 0 Å². The normalized spacial score (nSPS) is 13.8. The van der Waals surface area contributed by atoms with Gasteiger partial charge >= 0.3 is 0 Å². The van der Waals surface area contributed by atoms with E-state index in [2.05, 4.69) is 19.2 Å². The molecule has 0 spiro atoms. The second-order valence-corrected chi connectivity index (χ2v) is 4.81. The molecule has 0 aliphatic heterocycles. The van der Waals surface area contributed by atoms with E-state index >= 15 is 0 Å². The Morgan fingerprint density at radius 1 is 1.50 bits per heavy atom. The lowest BCUT2D eigenvalue weighted by atomic mass is 10.00. The van der Waals surface area contributed by atoms with E-state index in [1.54, 1.807) is 0 Å². The van der Waals surface area contributed by atoms with Crippen molar-refractivity contribution < 1.29 is 4.79 Å². The molecule has 0 aromatic rings. The van der Waals surface area contributed by atoms with Crippen LogP contribution in [0.15, 0.2) is 0 Å². The highest BCUT2D eigenvalue weighted by Gasteiger charge is 2.13. The van der Waals surface area contributed by atoms with E-state index < -0.39 is 0 Å². The lowest BCUT2D eigenvalue weighted by Crippen LogP contribution is -2.35. The number of nitrogens with one attached hydrogen (secondary N) is 1. The fourth-order valence-electron chi connectivity index (χ4n) is 0.956. The van der Waals surface area contributed by atoms with Crippen LogP contribution in [0.25, 0.3) is 0 Å². The summed E-state index contributed by atoms with van der Waals surface area (Å²) in [6, 6.07) is 0. The fraction of sp³-hybridized carbons (Fsp3) is 0.909. The van der Waals surface area contributed by atoms with Gasteiger partial charge in [0.15, 0.2) is 0 Å². The lowest BCUT2D eigenvalue weighted by Gasteiger charge is -2.18. The fourth-order valence-corrected chi connectivity index (χ4v) is 0.956. The molecule has 1 unspecified atom stereocenters. The number of hydrogen-bond donors (Lipinski definition) is 2. The topological polar surface area (TPSA) is 55.1 Å². The molecule has 0 aromatic heterocycles. The molecule has 0 rings (SSSR count). The highest BCUT2D eigenvalue weighted by atomic mass is 16.1.